The summed E-state index contributed by atoms with van der Waals surface area (Å²) in [4.78, 5) is 26.5. The molecule has 3 heterocycles. The quantitative estimate of drug-likeness (QED) is 0.325. The Balaban J connectivity index is 1.53. The second kappa shape index (κ2) is 11.5. The van der Waals surface area contributed by atoms with Gasteiger partial charge in [0.2, 0.25) is 6.41 Å². The Morgan fingerprint density at radius 2 is 1.65 bits per heavy atom. The summed E-state index contributed by atoms with van der Waals surface area (Å²) in [5, 5.41) is 6.61. The van der Waals surface area contributed by atoms with E-state index in [1.807, 2.05) is 42.5 Å². The number of hydrogen-bond acceptors (Lipinski definition) is 6. The highest BCUT2D eigenvalue weighted by Crippen LogP contribution is 2.27. The third-order valence-electron chi connectivity index (χ3n) is 5.18. The number of carbonyl (C=O) groups excluding carboxylic acids is 1. The average Bonchev–Trinajstić information content (AvgIpc) is 2.88. The Morgan fingerprint density at radius 1 is 0.882 bits per heavy atom. The normalized spacial score (nSPS) is 10.5. The second-order valence-electron chi connectivity index (χ2n) is 7.68. The maximum atomic E-state index is 13.5. The lowest BCUT2D eigenvalue weighted by molar-refractivity contribution is -0.107. The number of nitrogens with one attached hydrogen (secondary N) is 2. The molecule has 0 fully saturated rings. The van der Waals surface area contributed by atoms with Crippen molar-refractivity contribution in [2.24, 2.45) is 0 Å². The van der Waals surface area contributed by atoms with Crippen LogP contribution in [0.3, 0.4) is 0 Å². The number of halogens is 1. The van der Waals surface area contributed by atoms with Crippen LogP contribution in [0.2, 0.25) is 0 Å². The van der Waals surface area contributed by atoms with Crippen LogP contribution in [0.25, 0.3) is 0 Å². The zero-order valence-corrected chi connectivity index (χ0v) is 18.6. The Kier molecular flexibility index (Phi) is 7.74. The first-order chi connectivity index (χ1) is 16.7. The van der Waals surface area contributed by atoms with Crippen molar-refractivity contribution in [2.75, 3.05) is 22.1 Å². The third-order valence-corrected chi connectivity index (χ3v) is 5.18. The van der Waals surface area contributed by atoms with Crippen LogP contribution in [0.1, 0.15) is 16.7 Å². The van der Waals surface area contributed by atoms with E-state index in [9.17, 15) is 9.18 Å². The Bertz CT molecular complexity index is 1210. The van der Waals surface area contributed by atoms with Crippen LogP contribution in [0.15, 0.2) is 85.5 Å². The predicted octanol–water partition coefficient (Wildman–Crippen LogP) is 4.44. The van der Waals surface area contributed by atoms with Gasteiger partial charge < -0.3 is 15.5 Å². The fourth-order valence-electron chi connectivity index (χ4n) is 3.49. The summed E-state index contributed by atoms with van der Waals surface area (Å²) >= 11 is 0. The topological polar surface area (TPSA) is 83.0 Å². The number of nitrogens with zero attached hydrogens (tertiary/aromatic N) is 4. The molecule has 7 nitrogen and oxygen atoms in total. The van der Waals surface area contributed by atoms with Crippen LogP contribution in [-0.2, 0) is 24.3 Å². The SMILES string of the molecule is O=CN(Cc1cccnc1)c1ccc(NCc2cccnc2)nc1NCCc1cccc(F)c1. The number of benzene rings is 1. The Hall–Kier alpha value is -4.33. The predicted molar refractivity (Wildman–Crippen MR) is 131 cm³/mol. The molecule has 0 atom stereocenters. The molecule has 0 aliphatic heterocycles. The molecule has 34 heavy (non-hydrogen) atoms. The number of amides is 1. The number of carbonyl (C=O) groups is 1. The van der Waals surface area contributed by atoms with Gasteiger partial charge in [0.25, 0.3) is 0 Å². The van der Waals surface area contributed by atoms with Gasteiger partial charge in [0.1, 0.15) is 11.6 Å². The van der Waals surface area contributed by atoms with E-state index in [4.69, 9.17) is 4.98 Å². The molecule has 0 aliphatic rings. The van der Waals surface area contributed by atoms with Crippen LogP contribution in [-0.4, -0.2) is 27.9 Å². The molecule has 0 saturated carbocycles. The van der Waals surface area contributed by atoms with Crippen LogP contribution in [0.5, 0.6) is 0 Å². The van der Waals surface area contributed by atoms with Crippen LogP contribution < -0.4 is 15.5 Å². The zero-order valence-electron chi connectivity index (χ0n) is 18.6. The molecular weight excluding hydrogens is 431 g/mol. The van der Waals surface area contributed by atoms with Gasteiger partial charge in [0.05, 0.1) is 12.2 Å². The number of anilines is 3. The standard InChI is InChI=1S/C26H25FN6O/c27-23-7-1-4-20(14-23)10-13-30-26-24(33(19-34)18-22-6-3-12-29-16-22)8-9-25(32-26)31-17-21-5-2-11-28-15-21/h1-9,11-12,14-16,19H,10,13,17-18H2,(H2,30,31,32). The van der Waals surface area contributed by atoms with E-state index in [-0.39, 0.29) is 5.82 Å². The molecule has 4 rings (SSSR count). The highest BCUT2D eigenvalue weighted by Gasteiger charge is 2.14. The summed E-state index contributed by atoms with van der Waals surface area (Å²) < 4.78 is 13.5. The minimum Gasteiger partial charge on any atom is -0.368 e. The van der Waals surface area contributed by atoms with E-state index in [0.717, 1.165) is 23.1 Å². The molecule has 0 saturated heterocycles. The molecule has 1 aromatic carbocycles. The Labute approximate surface area is 197 Å². The van der Waals surface area contributed by atoms with Crippen LogP contribution in [0.4, 0.5) is 21.7 Å². The minimum absolute atomic E-state index is 0.262. The molecule has 3 aromatic heterocycles. The fourth-order valence-corrected chi connectivity index (χ4v) is 3.49. The van der Waals surface area contributed by atoms with Crippen molar-refractivity contribution >= 4 is 23.7 Å². The van der Waals surface area contributed by atoms with Crippen molar-refractivity contribution in [2.45, 2.75) is 19.5 Å². The van der Waals surface area contributed by atoms with Gasteiger partial charge in [-0.15, -0.1) is 0 Å². The summed E-state index contributed by atoms with van der Waals surface area (Å²) in [5.74, 6) is 0.957. The minimum atomic E-state index is -0.262. The molecule has 4 aromatic rings. The summed E-state index contributed by atoms with van der Waals surface area (Å²) in [6.45, 7) is 1.45. The molecule has 172 valence electrons. The van der Waals surface area contributed by atoms with Crippen LogP contribution in [0, 0.1) is 5.82 Å². The van der Waals surface area contributed by atoms with Gasteiger partial charge >= 0.3 is 0 Å². The van der Waals surface area contributed by atoms with Crippen molar-refractivity contribution in [1.82, 2.24) is 15.0 Å². The summed E-state index contributed by atoms with van der Waals surface area (Å²) in [6, 6.07) is 17.8. The monoisotopic (exact) mass is 456 g/mol. The van der Waals surface area contributed by atoms with Gasteiger partial charge in [-0.25, -0.2) is 9.37 Å². The van der Waals surface area contributed by atoms with E-state index < -0.39 is 0 Å². The molecule has 0 unspecified atom stereocenters. The van der Waals surface area contributed by atoms with Gasteiger partial charge in [-0.3, -0.25) is 14.8 Å². The van der Waals surface area contributed by atoms with E-state index in [1.54, 1.807) is 35.8 Å². The molecule has 1 amide bonds. The number of pyridine rings is 3. The molecule has 0 aliphatic carbocycles. The largest absolute Gasteiger partial charge is 0.368 e. The lowest BCUT2D eigenvalue weighted by atomic mass is 10.1. The van der Waals surface area contributed by atoms with E-state index >= 15 is 0 Å². The van der Waals surface area contributed by atoms with Gasteiger partial charge in [0.15, 0.2) is 5.82 Å². The number of aromatic nitrogens is 3. The highest BCUT2D eigenvalue weighted by molar-refractivity contribution is 5.82. The van der Waals surface area contributed by atoms with Crippen molar-refractivity contribution in [1.29, 1.82) is 0 Å². The van der Waals surface area contributed by atoms with E-state index in [2.05, 4.69) is 20.6 Å². The van der Waals surface area contributed by atoms with Crippen molar-refractivity contribution in [3.63, 3.8) is 0 Å². The van der Waals surface area contributed by atoms with Gasteiger partial charge in [-0.05, 0) is 59.5 Å². The van der Waals surface area contributed by atoms with Crippen molar-refractivity contribution < 1.29 is 9.18 Å². The summed E-state index contributed by atoms with van der Waals surface area (Å²) in [7, 11) is 0. The Morgan fingerprint density at radius 3 is 2.35 bits per heavy atom. The van der Waals surface area contributed by atoms with Crippen LogP contribution >= 0.6 is 0 Å². The molecule has 8 heteroatoms. The first kappa shape index (κ1) is 22.8. The highest BCUT2D eigenvalue weighted by atomic mass is 19.1. The summed E-state index contributed by atoms with van der Waals surface area (Å²) in [6.07, 6.45) is 8.33. The zero-order chi connectivity index (χ0) is 23.6. The average molecular weight is 457 g/mol. The first-order valence-corrected chi connectivity index (χ1v) is 10.9. The van der Waals surface area contributed by atoms with E-state index in [1.165, 1.54) is 12.1 Å². The maximum absolute atomic E-state index is 13.5. The molecule has 0 spiro atoms. The van der Waals surface area contributed by atoms with E-state index in [0.29, 0.717) is 43.4 Å². The first-order valence-electron chi connectivity index (χ1n) is 10.9. The lowest BCUT2D eigenvalue weighted by Crippen LogP contribution is -2.23. The smallest absolute Gasteiger partial charge is 0.214 e. The number of rotatable bonds is 11. The fraction of sp³-hybridized carbons (Fsp3) is 0.154. The third kappa shape index (κ3) is 6.35. The molecule has 2 N–H and O–H groups in total. The second-order valence-corrected chi connectivity index (χ2v) is 7.68. The summed E-state index contributed by atoms with van der Waals surface area (Å²) in [5.41, 5.74) is 3.45. The molecule has 0 bridgehead atoms. The van der Waals surface area contributed by atoms with Crippen molar-refractivity contribution in [3.8, 4) is 0 Å². The van der Waals surface area contributed by atoms with Gasteiger partial charge in [-0.1, -0.05) is 24.3 Å². The lowest BCUT2D eigenvalue weighted by Gasteiger charge is -2.22. The number of hydrogen-bond donors (Lipinski definition) is 2. The van der Waals surface area contributed by atoms with Gasteiger partial charge in [-0.2, -0.15) is 0 Å². The maximum Gasteiger partial charge on any atom is 0.214 e. The van der Waals surface area contributed by atoms with Crippen molar-refractivity contribution in [3.05, 3.63) is 108 Å². The molecular formula is C26H25FN6O. The van der Waals surface area contributed by atoms with Gasteiger partial charge in [0, 0.05) is 37.9 Å². The molecule has 0 radical (unpaired) electrons.